The van der Waals surface area contributed by atoms with Crippen molar-refractivity contribution in [2.75, 3.05) is 32.9 Å². The molecule has 0 spiro atoms. The van der Waals surface area contributed by atoms with Gasteiger partial charge < -0.3 is 14.6 Å². The summed E-state index contributed by atoms with van der Waals surface area (Å²) in [5.41, 5.74) is 1.53. The molecule has 2 atom stereocenters. The fraction of sp³-hybridized carbons (Fsp3) is 0.471. The van der Waals surface area contributed by atoms with Gasteiger partial charge in [0.15, 0.2) is 0 Å². The molecule has 3 rings (SSSR count). The maximum atomic E-state index is 12.9. The van der Waals surface area contributed by atoms with Crippen LogP contribution in [0.1, 0.15) is 10.4 Å². The van der Waals surface area contributed by atoms with Gasteiger partial charge in [0.25, 0.3) is 5.91 Å². The quantitative estimate of drug-likeness (QED) is 0.855. The van der Waals surface area contributed by atoms with Crippen molar-refractivity contribution in [3.63, 3.8) is 0 Å². The van der Waals surface area contributed by atoms with Gasteiger partial charge in [0, 0.05) is 62.8 Å². The average Bonchev–Trinajstić information content (AvgIpc) is 3.10. The van der Waals surface area contributed by atoms with Crippen LogP contribution in [0.15, 0.2) is 30.5 Å². The van der Waals surface area contributed by atoms with Crippen LogP contribution in [0.5, 0.6) is 0 Å². The van der Waals surface area contributed by atoms with Gasteiger partial charge in [-0.15, -0.1) is 0 Å². The van der Waals surface area contributed by atoms with Crippen molar-refractivity contribution in [3.8, 4) is 0 Å². The molecule has 1 amide bonds. The number of aliphatic hydroxyl groups excluding tert-OH is 1. The zero-order valence-corrected chi connectivity index (χ0v) is 15.4. The third-order valence-electron chi connectivity index (χ3n) is 4.83. The van der Waals surface area contributed by atoms with E-state index < -0.39 is 22.0 Å². The Morgan fingerprint density at radius 3 is 2.68 bits per heavy atom. The van der Waals surface area contributed by atoms with Gasteiger partial charge in [-0.05, 0) is 18.2 Å². The van der Waals surface area contributed by atoms with Crippen LogP contribution >= 0.6 is 0 Å². The van der Waals surface area contributed by atoms with Crippen LogP contribution < -0.4 is 0 Å². The third-order valence-corrected chi connectivity index (χ3v) is 6.80. The number of aromatic nitrogens is 1. The Labute approximate surface area is 147 Å². The smallest absolute Gasteiger partial charge is 0.254 e. The zero-order valence-electron chi connectivity index (χ0n) is 14.6. The Morgan fingerprint density at radius 2 is 2.00 bits per heavy atom. The van der Waals surface area contributed by atoms with Crippen LogP contribution in [-0.2, 0) is 17.1 Å². The van der Waals surface area contributed by atoms with E-state index in [1.807, 2.05) is 36.0 Å². The Kier molecular flexibility index (Phi) is 4.61. The van der Waals surface area contributed by atoms with Crippen molar-refractivity contribution >= 4 is 26.8 Å². The minimum absolute atomic E-state index is 0.148. The monoisotopic (exact) mass is 365 g/mol. The number of carbonyl (C=O) groups is 1. The molecule has 7 nitrogen and oxygen atoms in total. The fourth-order valence-corrected chi connectivity index (χ4v) is 4.43. The lowest BCUT2D eigenvalue weighted by molar-refractivity contribution is 0.0766. The summed E-state index contributed by atoms with van der Waals surface area (Å²) in [5.74, 6) is -0.826. The Hall–Kier alpha value is -1.90. The molecule has 1 aromatic carbocycles. The number of aryl methyl sites for hydroxylation is 1. The largest absolute Gasteiger partial charge is 0.391 e. The summed E-state index contributed by atoms with van der Waals surface area (Å²) < 4.78 is 27.2. The van der Waals surface area contributed by atoms with Gasteiger partial charge in [-0.2, -0.15) is 0 Å². The Balaban J connectivity index is 1.82. The van der Waals surface area contributed by atoms with Crippen LogP contribution in [0, 0.1) is 5.92 Å². The highest BCUT2D eigenvalue weighted by molar-refractivity contribution is 7.89. The van der Waals surface area contributed by atoms with Crippen LogP contribution in [0.3, 0.4) is 0 Å². The van der Waals surface area contributed by atoms with Crippen LogP contribution in [0.2, 0.25) is 0 Å². The molecule has 1 aliphatic rings. The molecule has 2 heterocycles. The van der Waals surface area contributed by atoms with E-state index in [0.29, 0.717) is 5.56 Å². The molecule has 0 bridgehead atoms. The molecule has 1 aromatic heterocycles. The molecule has 136 valence electrons. The van der Waals surface area contributed by atoms with Gasteiger partial charge in [0.1, 0.15) is 0 Å². The second-order valence-electron chi connectivity index (χ2n) is 6.76. The average molecular weight is 365 g/mol. The van der Waals surface area contributed by atoms with Crippen molar-refractivity contribution in [2.24, 2.45) is 13.0 Å². The lowest BCUT2D eigenvalue weighted by atomic mass is 10.1. The highest BCUT2D eigenvalue weighted by Gasteiger charge is 2.37. The molecule has 0 radical (unpaired) electrons. The first-order valence-corrected chi connectivity index (χ1v) is 9.73. The highest BCUT2D eigenvalue weighted by atomic mass is 32.2. The summed E-state index contributed by atoms with van der Waals surface area (Å²) in [6.45, 7) is 0.381. The zero-order chi connectivity index (χ0) is 18.4. The summed E-state index contributed by atoms with van der Waals surface area (Å²) in [6, 6.07) is 7.43. The molecule has 0 aliphatic carbocycles. The fourth-order valence-electron chi connectivity index (χ4n) is 3.26. The number of benzene rings is 1. The maximum Gasteiger partial charge on any atom is 0.254 e. The van der Waals surface area contributed by atoms with Gasteiger partial charge in [-0.25, -0.2) is 12.7 Å². The van der Waals surface area contributed by atoms with Crippen molar-refractivity contribution < 1.29 is 18.3 Å². The van der Waals surface area contributed by atoms with Gasteiger partial charge in [0.2, 0.25) is 10.0 Å². The van der Waals surface area contributed by atoms with E-state index in [-0.39, 0.29) is 24.7 Å². The standard InChI is InChI=1S/C17H23N3O4S/c1-18(2)25(23,24)11-12-9-20(10-16(12)21)17(22)14-5-4-6-15-13(14)7-8-19(15)3/h4-8,12,16,21H,9-11H2,1-3H3/t12-,16+/m0/s1. The molecule has 0 unspecified atom stereocenters. The lowest BCUT2D eigenvalue weighted by Crippen LogP contribution is -2.33. The number of likely N-dealkylation sites (tertiary alicyclic amines) is 1. The number of rotatable bonds is 4. The van der Waals surface area contributed by atoms with E-state index in [9.17, 15) is 18.3 Å². The molecule has 2 aromatic rings. The molecular weight excluding hydrogens is 342 g/mol. The summed E-state index contributed by atoms with van der Waals surface area (Å²) in [5, 5.41) is 11.1. The third kappa shape index (κ3) is 3.29. The Bertz CT molecular complexity index is 904. The normalized spacial score (nSPS) is 21.4. The first kappa shape index (κ1) is 17.9. The number of carbonyl (C=O) groups excluding carboxylic acids is 1. The van der Waals surface area contributed by atoms with Crippen LogP contribution in [-0.4, -0.2) is 72.2 Å². The molecular formula is C17H23N3O4S. The van der Waals surface area contributed by atoms with E-state index in [2.05, 4.69) is 0 Å². The SMILES string of the molecule is CN(C)S(=O)(=O)C[C@@H]1CN(C(=O)c2cccc3c2ccn3C)C[C@H]1O. The van der Waals surface area contributed by atoms with Crippen molar-refractivity contribution in [3.05, 3.63) is 36.0 Å². The van der Waals surface area contributed by atoms with Crippen molar-refractivity contribution in [1.29, 1.82) is 0 Å². The van der Waals surface area contributed by atoms with Gasteiger partial charge in [-0.1, -0.05) is 6.07 Å². The van der Waals surface area contributed by atoms with Gasteiger partial charge >= 0.3 is 0 Å². The number of aliphatic hydroxyl groups is 1. The summed E-state index contributed by atoms with van der Waals surface area (Å²) in [4.78, 5) is 14.5. The van der Waals surface area contributed by atoms with Crippen LogP contribution in [0.25, 0.3) is 10.9 Å². The van der Waals surface area contributed by atoms with E-state index in [4.69, 9.17) is 0 Å². The summed E-state index contributed by atoms with van der Waals surface area (Å²) >= 11 is 0. The predicted octanol–water partition coefficient (Wildman–Crippen LogP) is 0.503. The molecule has 1 fully saturated rings. The predicted molar refractivity (Wildman–Crippen MR) is 95.8 cm³/mol. The number of amides is 1. The molecule has 1 aliphatic heterocycles. The van der Waals surface area contributed by atoms with Gasteiger partial charge in [-0.3, -0.25) is 4.79 Å². The molecule has 1 saturated heterocycles. The minimum Gasteiger partial charge on any atom is -0.391 e. The van der Waals surface area contributed by atoms with Crippen molar-refractivity contribution in [1.82, 2.24) is 13.8 Å². The first-order chi connectivity index (χ1) is 11.7. The number of sulfonamides is 1. The topological polar surface area (TPSA) is 82.9 Å². The van der Waals surface area contributed by atoms with E-state index in [1.54, 1.807) is 11.0 Å². The number of hydrogen-bond acceptors (Lipinski definition) is 4. The molecule has 25 heavy (non-hydrogen) atoms. The minimum atomic E-state index is -3.43. The van der Waals surface area contributed by atoms with E-state index >= 15 is 0 Å². The van der Waals surface area contributed by atoms with Crippen molar-refractivity contribution in [2.45, 2.75) is 6.10 Å². The lowest BCUT2D eigenvalue weighted by Gasteiger charge is -2.18. The van der Waals surface area contributed by atoms with Crippen LogP contribution in [0.4, 0.5) is 0 Å². The van der Waals surface area contributed by atoms with E-state index in [0.717, 1.165) is 15.2 Å². The van der Waals surface area contributed by atoms with Gasteiger partial charge in [0.05, 0.1) is 11.9 Å². The maximum absolute atomic E-state index is 12.9. The number of fused-ring (bicyclic) bond motifs is 1. The number of nitrogens with zero attached hydrogens (tertiary/aromatic N) is 3. The second kappa shape index (κ2) is 6.44. The summed E-state index contributed by atoms with van der Waals surface area (Å²) in [7, 11) is 1.42. The summed E-state index contributed by atoms with van der Waals surface area (Å²) in [6.07, 6.45) is 1.06. The Morgan fingerprint density at radius 1 is 1.28 bits per heavy atom. The number of hydrogen-bond donors (Lipinski definition) is 1. The highest BCUT2D eigenvalue weighted by Crippen LogP contribution is 2.25. The van der Waals surface area contributed by atoms with E-state index in [1.165, 1.54) is 14.1 Å². The number of β-amino-alcohol motifs (C(OH)–C–C–N with tert-alkyl or cyclic N) is 1. The second-order valence-corrected chi connectivity index (χ2v) is 8.99. The molecule has 8 heteroatoms. The first-order valence-electron chi connectivity index (χ1n) is 8.12. The molecule has 0 saturated carbocycles. The molecule has 1 N–H and O–H groups in total.